The van der Waals surface area contributed by atoms with Gasteiger partial charge in [-0.25, -0.2) is 0 Å². The number of phenolic OH excluding ortho intramolecular Hbond substituents is 2. The molecule has 0 amide bonds. The summed E-state index contributed by atoms with van der Waals surface area (Å²) < 4.78 is 0. The zero-order valence-corrected chi connectivity index (χ0v) is 10.4. The largest absolute Gasteiger partial charge is 0.504 e. The van der Waals surface area contributed by atoms with Crippen LogP contribution in [0.4, 0.5) is 0 Å². The van der Waals surface area contributed by atoms with Crippen LogP contribution in [0.2, 0.25) is 0 Å². The average Bonchev–Trinajstić information content (AvgIpc) is 2.49. The van der Waals surface area contributed by atoms with Crippen LogP contribution in [0.15, 0.2) is 42.5 Å². The van der Waals surface area contributed by atoms with Crippen molar-refractivity contribution in [1.29, 1.82) is 0 Å². The molecule has 0 spiro atoms. The molecule has 3 N–H and O–H groups in total. The summed E-state index contributed by atoms with van der Waals surface area (Å²) in [6.07, 6.45) is 0. The van der Waals surface area contributed by atoms with Gasteiger partial charge in [-0.15, -0.1) is 0 Å². The highest BCUT2D eigenvalue weighted by Gasteiger charge is 2.23. The summed E-state index contributed by atoms with van der Waals surface area (Å²) in [6, 6.07) is 10.6. The van der Waals surface area contributed by atoms with Crippen LogP contribution in [0, 0.1) is 0 Å². The van der Waals surface area contributed by atoms with Gasteiger partial charge in [0.05, 0.1) is 5.56 Å². The zero-order valence-electron chi connectivity index (χ0n) is 10.4. The normalized spacial score (nSPS) is 10.2. The predicted octanol–water partition coefficient (Wildman–Crippen LogP) is 1.50. The number of aliphatic hydroxyl groups excluding tert-OH is 1. The molecule has 5 nitrogen and oxygen atoms in total. The minimum atomic E-state index is -0.869. The lowest BCUT2D eigenvalue weighted by molar-refractivity contribution is 0.0892. The third-order valence-electron chi connectivity index (χ3n) is 2.86. The zero-order chi connectivity index (χ0) is 14.7. The molecule has 0 heterocycles. The van der Waals surface area contributed by atoms with Crippen molar-refractivity contribution in [3.05, 3.63) is 59.2 Å². The molecule has 0 aliphatic rings. The highest BCUT2D eigenvalue weighted by molar-refractivity contribution is 6.17. The second-order valence-corrected chi connectivity index (χ2v) is 4.13. The Balaban J connectivity index is 2.60. The van der Waals surface area contributed by atoms with Crippen LogP contribution in [0.5, 0.6) is 11.5 Å². The summed E-state index contributed by atoms with van der Waals surface area (Å²) in [5.74, 6) is -2.53. The molecule has 0 aliphatic carbocycles. The number of aliphatic hydroxyl groups is 1. The summed E-state index contributed by atoms with van der Waals surface area (Å²) >= 11 is 0. The second kappa shape index (κ2) is 5.54. The third kappa shape index (κ3) is 2.39. The van der Waals surface area contributed by atoms with Crippen molar-refractivity contribution in [1.82, 2.24) is 0 Å². The average molecular weight is 272 g/mol. The molecule has 0 aliphatic heterocycles. The molecule has 0 radical (unpaired) electrons. The van der Waals surface area contributed by atoms with Crippen LogP contribution < -0.4 is 0 Å². The Kier molecular flexibility index (Phi) is 3.81. The lowest BCUT2D eigenvalue weighted by Gasteiger charge is -2.10. The van der Waals surface area contributed by atoms with E-state index in [1.807, 2.05) is 0 Å². The first kappa shape index (κ1) is 13.8. The van der Waals surface area contributed by atoms with Crippen LogP contribution in [-0.4, -0.2) is 33.5 Å². The summed E-state index contributed by atoms with van der Waals surface area (Å²) in [7, 11) is 0. The van der Waals surface area contributed by atoms with Gasteiger partial charge in [0.1, 0.15) is 6.61 Å². The van der Waals surface area contributed by atoms with E-state index in [1.165, 1.54) is 6.07 Å². The van der Waals surface area contributed by atoms with Crippen molar-refractivity contribution in [2.75, 3.05) is 6.61 Å². The van der Waals surface area contributed by atoms with Crippen molar-refractivity contribution < 1.29 is 24.9 Å². The highest BCUT2D eigenvalue weighted by Crippen LogP contribution is 2.32. The van der Waals surface area contributed by atoms with E-state index in [1.54, 1.807) is 30.3 Å². The number of hydrogen-bond acceptors (Lipinski definition) is 5. The van der Waals surface area contributed by atoms with E-state index >= 15 is 0 Å². The number of phenols is 2. The predicted molar refractivity (Wildman–Crippen MR) is 71.1 cm³/mol. The van der Waals surface area contributed by atoms with Gasteiger partial charge in [-0.1, -0.05) is 30.3 Å². The van der Waals surface area contributed by atoms with Crippen LogP contribution in [0.3, 0.4) is 0 Å². The van der Waals surface area contributed by atoms with Crippen molar-refractivity contribution in [2.45, 2.75) is 0 Å². The fourth-order valence-electron chi connectivity index (χ4n) is 1.88. The Bertz CT molecular complexity index is 661. The van der Waals surface area contributed by atoms with E-state index in [0.29, 0.717) is 5.56 Å². The number of rotatable bonds is 4. The lowest BCUT2D eigenvalue weighted by Crippen LogP contribution is -2.13. The third-order valence-corrected chi connectivity index (χ3v) is 2.86. The maximum atomic E-state index is 12.3. The molecule has 20 heavy (non-hydrogen) atoms. The summed E-state index contributed by atoms with van der Waals surface area (Å²) in [5, 5.41) is 28.1. The van der Waals surface area contributed by atoms with E-state index < -0.39 is 29.7 Å². The van der Waals surface area contributed by atoms with Crippen LogP contribution in [0.1, 0.15) is 26.3 Å². The molecule has 0 fully saturated rings. The maximum absolute atomic E-state index is 12.3. The smallest absolute Gasteiger partial charge is 0.193 e. The molecule has 0 saturated carbocycles. The minimum absolute atomic E-state index is 0.0643. The van der Waals surface area contributed by atoms with Crippen molar-refractivity contribution in [3.63, 3.8) is 0 Å². The number of ketones is 2. The van der Waals surface area contributed by atoms with Gasteiger partial charge in [-0.3, -0.25) is 9.59 Å². The monoisotopic (exact) mass is 272 g/mol. The molecule has 2 aromatic carbocycles. The molecule has 102 valence electrons. The Morgan fingerprint density at radius 2 is 1.60 bits per heavy atom. The van der Waals surface area contributed by atoms with Crippen molar-refractivity contribution in [3.8, 4) is 11.5 Å². The van der Waals surface area contributed by atoms with Crippen LogP contribution >= 0.6 is 0 Å². The standard InChI is InChI=1S/C15H12O5/c16-8-12(18)13-10(6-7-11(17)15(13)20)14(19)9-4-2-1-3-5-9/h1-7,16-17,20H,8H2. The van der Waals surface area contributed by atoms with E-state index in [4.69, 9.17) is 5.11 Å². The molecular weight excluding hydrogens is 260 g/mol. The molecular formula is C15H12O5. The number of hydrogen-bond donors (Lipinski definition) is 3. The second-order valence-electron chi connectivity index (χ2n) is 4.13. The molecule has 5 heteroatoms. The van der Waals surface area contributed by atoms with Gasteiger partial charge in [0.25, 0.3) is 0 Å². The van der Waals surface area contributed by atoms with Gasteiger partial charge in [0.15, 0.2) is 23.1 Å². The number of Topliss-reactive ketones (excluding diaryl/α,β-unsaturated/α-hetero) is 1. The topological polar surface area (TPSA) is 94.8 Å². The van der Waals surface area contributed by atoms with Crippen LogP contribution in [-0.2, 0) is 0 Å². The Labute approximate surface area is 114 Å². The van der Waals surface area contributed by atoms with E-state index in [0.717, 1.165) is 6.07 Å². The SMILES string of the molecule is O=C(c1ccccc1)c1ccc(O)c(O)c1C(=O)CO. The highest BCUT2D eigenvalue weighted by atomic mass is 16.3. The summed E-state index contributed by atoms with van der Waals surface area (Å²) in [4.78, 5) is 24.0. The Morgan fingerprint density at radius 3 is 2.20 bits per heavy atom. The number of benzene rings is 2. The molecule has 0 bridgehead atoms. The van der Waals surface area contributed by atoms with Crippen molar-refractivity contribution >= 4 is 11.6 Å². The van der Waals surface area contributed by atoms with E-state index in [9.17, 15) is 19.8 Å². The fraction of sp³-hybridized carbons (Fsp3) is 0.0667. The molecule has 0 unspecified atom stereocenters. The number of carbonyl (C=O) groups excluding carboxylic acids is 2. The Morgan fingerprint density at radius 1 is 0.950 bits per heavy atom. The molecule has 2 rings (SSSR count). The van der Waals surface area contributed by atoms with Gasteiger partial charge >= 0.3 is 0 Å². The van der Waals surface area contributed by atoms with Gasteiger partial charge < -0.3 is 15.3 Å². The number of aromatic hydroxyl groups is 2. The van der Waals surface area contributed by atoms with Crippen molar-refractivity contribution in [2.24, 2.45) is 0 Å². The molecule has 0 saturated heterocycles. The fourth-order valence-corrected chi connectivity index (χ4v) is 1.88. The van der Waals surface area contributed by atoms with Gasteiger partial charge in [0, 0.05) is 11.1 Å². The van der Waals surface area contributed by atoms with Gasteiger partial charge in [-0.2, -0.15) is 0 Å². The van der Waals surface area contributed by atoms with Gasteiger partial charge in [-0.05, 0) is 12.1 Å². The summed E-state index contributed by atoms with van der Waals surface area (Å²) in [6.45, 7) is -0.869. The first-order chi connectivity index (χ1) is 9.56. The van der Waals surface area contributed by atoms with E-state index in [-0.39, 0.29) is 11.1 Å². The maximum Gasteiger partial charge on any atom is 0.193 e. The van der Waals surface area contributed by atoms with Gasteiger partial charge in [0.2, 0.25) is 0 Å². The molecule has 0 atom stereocenters. The number of carbonyl (C=O) groups is 2. The summed E-state index contributed by atoms with van der Waals surface area (Å²) in [5.41, 5.74) is -0.100. The van der Waals surface area contributed by atoms with E-state index in [2.05, 4.69) is 0 Å². The first-order valence-electron chi connectivity index (χ1n) is 5.85. The minimum Gasteiger partial charge on any atom is -0.504 e. The Hall–Kier alpha value is -2.66. The first-order valence-corrected chi connectivity index (χ1v) is 5.85. The quantitative estimate of drug-likeness (QED) is 0.579. The van der Waals surface area contributed by atoms with Crippen LogP contribution in [0.25, 0.3) is 0 Å². The molecule has 0 aromatic heterocycles. The molecule has 2 aromatic rings. The lowest BCUT2D eigenvalue weighted by atomic mass is 9.95.